The number of aromatic nitrogens is 3. The van der Waals surface area contributed by atoms with Crippen LogP contribution in [-0.4, -0.2) is 38.8 Å². The van der Waals surface area contributed by atoms with Gasteiger partial charge in [-0.1, -0.05) is 12.1 Å². The van der Waals surface area contributed by atoms with Crippen LogP contribution in [0.3, 0.4) is 0 Å². The van der Waals surface area contributed by atoms with Gasteiger partial charge in [0.1, 0.15) is 11.4 Å². The molecule has 1 amide bonds. The van der Waals surface area contributed by atoms with Gasteiger partial charge in [0.15, 0.2) is 0 Å². The highest BCUT2D eigenvalue weighted by Gasteiger charge is 2.35. The molecule has 1 aromatic carbocycles. The quantitative estimate of drug-likeness (QED) is 0.745. The van der Waals surface area contributed by atoms with E-state index >= 15 is 0 Å². The number of imidazole rings is 1. The van der Waals surface area contributed by atoms with Crippen molar-refractivity contribution in [3.8, 4) is 5.75 Å². The number of benzene rings is 1. The minimum atomic E-state index is -0.0606. The van der Waals surface area contributed by atoms with Crippen molar-refractivity contribution in [2.45, 2.75) is 12.5 Å². The van der Waals surface area contributed by atoms with Gasteiger partial charge in [-0.2, -0.15) is 0 Å². The summed E-state index contributed by atoms with van der Waals surface area (Å²) in [4.78, 5) is 23.0. The molecule has 2 aromatic heterocycles. The van der Waals surface area contributed by atoms with Crippen molar-refractivity contribution in [3.63, 3.8) is 0 Å². The number of methoxy groups -OCH3 is 1. The monoisotopic (exact) mass is 308 g/mol. The normalized spacial score (nSPS) is 17.1. The van der Waals surface area contributed by atoms with E-state index in [-0.39, 0.29) is 11.9 Å². The number of carbonyl (C=O) groups excluding carboxylic acids is 1. The van der Waals surface area contributed by atoms with Crippen LogP contribution in [0.2, 0.25) is 0 Å². The molecule has 0 saturated carbocycles. The first-order valence-electron chi connectivity index (χ1n) is 7.51. The average molecular weight is 308 g/mol. The summed E-state index contributed by atoms with van der Waals surface area (Å²) < 4.78 is 7.02. The zero-order valence-electron chi connectivity index (χ0n) is 12.7. The third-order valence-electron chi connectivity index (χ3n) is 4.21. The summed E-state index contributed by atoms with van der Waals surface area (Å²) in [6.45, 7) is 0.738. The van der Waals surface area contributed by atoms with E-state index in [0.717, 1.165) is 24.3 Å². The van der Waals surface area contributed by atoms with Gasteiger partial charge in [0.05, 0.1) is 13.2 Å². The molecule has 0 spiro atoms. The molecule has 6 heteroatoms. The van der Waals surface area contributed by atoms with Gasteiger partial charge in [-0.25, -0.2) is 9.97 Å². The third kappa shape index (κ3) is 2.32. The van der Waals surface area contributed by atoms with Gasteiger partial charge in [-0.3, -0.25) is 9.20 Å². The number of fused-ring (bicyclic) bond motifs is 1. The van der Waals surface area contributed by atoms with Crippen molar-refractivity contribution in [1.82, 2.24) is 19.3 Å². The maximum Gasteiger partial charge on any atom is 0.274 e. The Labute approximate surface area is 133 Å². The second-order valence-corrected chi connectivity index (χ2v) is 5.53. The van der Waals surface area contributed by atoms with E-state index in [1.54, 1.807) is 23.9 Å². The van der Waals surface area contributed by atoms with E-state index in [4.69, 9.17) is 4.74 Å². The van der Waals surface area contributed by atoms with Gasteiger partial charge < -0.3 is 9.64 Å². The second-order valence-electron chi connectivity index (χ2n) is 5.53. The van der Waals surface area contributed by atoms with Crippen LogP contribution >= 0.6 is 0 Å². The molecule has 1 aliphatic heterocycles. The Morgan fingerprint density at radius 3 is 3.00 bits per heavy atom. The zero-order valence-corrected chi connectivity index (χ0v) is 12.7. The predicted molar refractivity (Wildman–Crippen MR) is 84.4 cm³/mol. The van der Waals surface area contributed by atoms with E-state index in [1.165, 1.54) is 0 Å². The number of nitrogens with zero attached hydrogens (tertiary/aromatic N) is 4. The lowest BCUT2D eigenvalue weighted by molar-refractivity contribution is 0.0454. The van der Waals surface area contributed by atoms with Gasteiger partial charge in [0.25, 0.3) is 5.91 Å². The van der Waals surface area contributed by atoms with Gasteiger partial charge in [0.2, 0.25) is 5.78 Å². The van der Waals surface area contributed by atoms with Gasteiger partial charge >= 0.3 is 0 Å². The smallest absolute Gasteiger partial charge is 0.274 e. The van der Waals surface area contributed by atoms with Crippen LogP contribution in [0.4, 0.5) is 0 Å². The summed E-state index contributed by atoms with van der Waals surface area (Å²) in [5.74, 6) is 1.28. The number of likely N-dealkylation sites (tertiary alicyclic amines) is 1. The van der Waals surface area contributed by atoms with Crippen LogP contribution in [0.5, 0.6) is 5.75 Å². The van der Waals surface area contributed by atoms with Crippen LogP contribution in [0.1, 0.15) is 28.5 Å². The van der Waals surface area contributed by atoms with Crippen LogP contribution in [0, 0.1) is 0 Å². The summed E-state index contributed by atoms with van der Waals surface area (Å²) >= 11 is 0. The van der Waals surface area contributed by atoms with Crippen molar-refractivity contribution in [1.29, 1.82) is 0 Å². The van der Waals surface area contributed by atoms with Crippen molar-refractivity contribution in [2.24, 2.45) is 0 Å². The van der Waals surface area contributed by atoms with Crippen LogP contribution < -0.4 is 4.74 Å². The molecule has 3 heterocycles. The van der Waals surface area contributed by atoms with Gasteiger partial charge in [-0.15, -0.1) is 0 Å². The van der Waals surface area contributed by atoms with E-state index in [0.29, 0.717) is 11.5 Å². The van der Waals surface area contributed by atoms with E-state index in [1.807, 2.05) is 41.4 Å². The highest BCUT2D eigenvalue weighted by Crippen LogP contribution is 2.35. The number of carbonyl (C=O) groups is 1. The fraction of sp³-hybridized carbons (Fsp3) is 0.235. The molecule has 1 aliphatic rings. The van der Waals surface area contributed by atoms with E-state index < -0.39 is 0 Å². The van der Waals surface area contributed by atoms with Crippen molar-refractivity contribution >= 4 is 11.7 Å². The molecule has 116 valence electrons. The first-order chi connectivity index (χ1) is 11.3. The maximum absolute atomic E-state index is 12.7. The number of ether oxygens (including phenoxy) is 1. The summed E-state index contributed by atoms with van der Waals surface area (Å²) in [5.41, 5.74) is 1.52. The maximum atomic E-state index is 12.7. The zero-order chi connectivity index (χ0) is 15.8. The molecule has 1 unspecified atom stereocenters. The Kier molecular flexibility index (Phi) is 3.22. The van der Waals surface area contributed by atoms with Crippen LogP contribution in [0.25, 0.3) is 5.78 Å². The first-order valence-corrected chi connectivity index (χ1v) is 7.51. The number of amides is 1. The SMILES string of the molecule is COc1cccc(C2CCN2C(=O)c2cn3cccnc3n2)c1. The molecule has 0 bridgehead atoms. The van der Waals surface area contributed by atoms with Crippen molar-refractivity contribution in [3.05, 3.63) is 60.2 Å². The summed E-state index contributed by atoms with van der Waals surface area (Å²) in [6, 6.07) is 9.75. The van der Waals surface area contributed by atoms with Crippen LogP contribution in [0.15, 0.2) is 48.9 Å². The van der Waals surface area contributed by atoms with Crippen molar-refractivity contribution < 1.29 is 9.53 Å². The minimum Gasteiger partial charge on any atom is -0.497 e. The molecule has 3 aromatic rings. The molecule has 1 atom stereocenters. The Morgan fingerprint density at radius 1 is 1.35 bits per heavy atom. The molecule has 6 nitrogen and oxygen atoms in total. The predicted octanol–water partition coefficient (Wildman–Crippen LogP) is 2.33. The van der Waals surface area contributed by atoms with E-state index in [2.05, 4.69) is 9.97 Å². The fourth-order valence-electron chi connectivity index (χ4n) is 2.91. The lowest BCUT2D eigenvalue weighted by Crippen LogP contribution is -2.45. The molecule has 1 saturated heterocycles. The Balaban J connectivity index is 1.60. The van der Waals surface area contributed by atoms with Crippen molar-refractivity contribution in [2.75, 3.05) is 13.7 Å². The van der Waals surface area contributed by atoms with Gasteiger partial charge in [0, 0.05) is 25.1 Å². The minimum absolute atomic E-state index is 0.0606. The van der Waals surface area contributed by atoms with Crippen LogP contribution in [-0.2, 0) is 0 Å². The molecule has 0 radical (unpaired) electrons. The molecule has 23 heavy (non-hydrogen) atoms. The number of hydrogen-bond donors (Lipinski definition) is 0. The Bertz CT molecular complexity index is 841. The number of rotatable bonds is 3. The highest BCUT2D eigenvalue weighted by atomic mass is 16.5. The topological polar surface area (TPSA) is 59.7 Å². The first kappa shape index (κ1) is 13.8. The molecular weight excluding hydrogens is 292 g/mol. The third-order valence-corrected chi connectivity index (χ3v) is 4.21. The summed E-state index contributed by atoms with van der Waals surface area (Å²) in [6.07, 6.45) is 6.18. The summed E-state index contributed by atoms with van der Waals surface area (Å²) in [5, 5.41) is 0. The van der Waals surface area contributed by atoms with E-state index in [9.17, 15) is 4.79 Å². The summed E-state index contributed by atoms with van der Waals surface area (Å²) in [7, 11) is 1.65. The fourth-order valence-corrected chi connectivity index (χ4v) is 2.91. The Hall–Kier alpha value is -2.89. The lowest BCUT2D eigenvalue weighted by atomic mass is 9.94. The molecule has 4 rings (SSSR count). The Morgan fingerprint density at radius 2 is 2.26 bits per heavy atom. The number of hydrogen-bond acceptors (Lipinski definition) is 4. The highest BCUT2D eigenvalue weighted by molar-refractivity contribution is 5.93. The second kappa shape index (κ2) is 5.39. The molecule has 1 fully saturated rings. The molecule has 0 aliphatic carbocycles. The lowest BCUT2D eigenvalue weighted by Gasteiger charge is -2.41. The molecular formula is C17H16N4O2. The largest absolute Gasteiger partial charge is 0.497 e. The standard InChI is InChI=1S/C17H16N4O2/c1-23-13-5-2-4-12(10-13)15-6-9-21(15)16(22)14-11-20-8-3-7-18-17(20)19-14/h2-5,7-8,10-11,15H,6,9H2,1H3. The average Bonchev–Trinajstić information content (AvgIpc) is 2.98. The molecule has 0 N–H and O–H groups in total. The van der Waals surface area contributed by atoms with Gasteiger partial charge in [-0.05, 0) is 30.2 Å².